The first-order chi connectivity index (χ1) is 9.08. The van der Waals surface area contributed by atoms with Crippen LogP contribution in [-0.2, 0) is 7.05 Å². The topological polar surface area (TPSA) is 22.0 Å². The summed E-state index contributed by atoms with van der Waals surface area (Å²) in [7, 11) is 1.93. The molecule has 2 aromatic heterocycles. The fourth-order valence-corrected chi connectivity index (χ4v) is 3.27. The van der Waals surface area contributed by atoms with Gasteiger partial charge < -0.3 is 4.57 Å². The number of nitrogens with zero attached hydrogens (tertiary/aromatic N) is 1. The number of ketones is 1. The molecule has 2 heterocycles. The summed E-state index contributed by atoms with van der Waals surface area (Å²) in [6.07, 6.45) is 1.88. The van der Waals surface area contributed by atoms with Crippen LogP contribution in [0.1, 0.15) is 21.5 Å². The molecule has 96 valence electrons. The predicted octanol–water partition coefficient (Wildman–Crippen LogP) is 4.43. The van der Waals surface area contributed by atoms with E-state index in [1.165, 1.54) is 0 Å². The summed E-state index contributed by atoms with van der Waals surface area (Å²) in [5.74, 6) is 0.0756. The molecule has 2 nitrogen and oxygen atoms in total. The molecule has 1 aromatic carbocycles. The molecule has 0 amide bonds. The fourth-order valence-electron chi connectivity index (χ4n) is 2.28. The monoisotopic (exact) mass is 289 g/mol. The van der Waals surface area contributed by atoms with Crippen LogP contribution in [-0.4, -0.2) is 10.4 Å². The first-order valence-electron chi connectivity index (χ1n) is 5.90. The molecule has 3 aromatic rings. The first-order valence-corrected chi connectivity index (χ1v) is 7.22. The summed E-state index contributed by atoms with van der Waals surface area (Å²) >= 11 is 7.56. The third kappa shape index (κ3) is 1.99. The lowest BCUT2D eigenvalue weighted by molar-refractivity contribution is 0.104. The number of thiophene rings is 1. The molecule has 0 aliphatic heterocycles. The molecule has 0 N–H and O–H groups in total. The molecule has 0 unspecified atom stereocenters. The van der Waals surface area contributed by atoms with Crippen molar-refractivity contribution in [1.82, 2.24) is 4.57 Å². The van der Waals surface area contributed by atoms with E-state index < -0.39 is 0 Å². The summed E-state index contributed by atoms with van der Waals surface area (Å²) in [6, 6.07) is 5.61. The van der Waals surface area contributed by atoms with Crippen molar-refractivity contribution in [3.05, 3.63) is 56.9 Å². The minimum Gasteiger partial charge on any atom is -0.350 e. The number of carbonyl (C=O) groups is 1. The molecule has 0 bridgehead atoms. The van der Waals surface area contributed by atoms with Crippen LogP contribution in [0.15, 0.2) is 35.2 Å². The molecule has 0 aliphatic rings. The van der Waals surface area contributed by atoms with E-state index in [0.717, 1.165) is 27.6 Å². The Bertz CT molecular complexity index is 785. The summed E-state index contributed by atoms with van der Waals surface area (Å²) in [5, 5.41) is 5.53. The average molecular weight is 290 g/mol. The van der Waals surface area contributed by atoms with Crippen molar-refractivity contribution in [2.75, 3.05) is 0 Å². The number of hydrogen-bond acceptors (Lipinski definition) is 2. The normalized spacial score (nSPS) is 11.1. The third-order valence-corrected chi connectivity index (χ3v) is 4.39. The molecular formula is C15H12ClNOS. The zero-order chi connectivity index (χ0) is 13.6. The smallest absolute Gasteiger partial charge is 0.196 e. The minimum absolute atomic E-state index is 0.0756. The highest BCUT2D eigenvalue weighted by Crippen LogP contribution is 2.27. The molecule has 19 heavy (non-hydrogen) atoms. The van der Waals surface area contributed by atoms with Gasteiger partial charge in [0.15, 0.2) is 5.78 Å². The highest BCUT2D eigenvalue weighted by Gasteiger charge is 2.17. The number of hydrogen-bond donors (Lipinski definition) is 0. The van der Waals surface area contributed by atoms with Crippen molar-refractivity contribution < 1.29 is 4.79 Å². The van der Waals surface area contributed by atoms with Gasteiger partial charge in [-0.25, -0.2) is 0 Å². The lowest BCUT2D eigenvalue weighted by Crippen LogP contribution is -2.00. The molecule has 0 aliphatic carbocycles. The van der Waals surface area contributed by atoms with Crippen LogP contribution in [0.25, 0.3) is 10.9 Å². The maximum absolute atomic E-state index is 12.6. The van der Waals surface area contributed by atoms with E-state index in [1.807, 2.05) is 53.7 Å². The van der Waals surface area contributed by atoms with Gasteiger partial charge in [-0.05, 0) is 30.0 Å². The van der Waals surface area contributed by atoms with Gasteiger partial charge in [-0.3, -0.25) is 4.79 Å². The van der Waals surface area contributed by atoms with Crippen LogP contribution < -0.4 is 0 Å². The van der Waals surface area contributed by atoms with E-state index in [4.69, 9.17) is 11.6 Å². The van der Waals surface area contributed by atoms with Gasteiger partial charge in [-0.15, -0.1) is 0 Å². The molecule has 0 fully saturated rings. The Morgan fingerprint density at radius 3 is 2.74 bits per heavy atom. The fraction of sp³-hybridized carbons (Fsp3) is 0.133. The number of rotatable bonds is 2. The van der Waals surface area contributed by atoms with Gasteiger partial charge in [-0.2, -0.15) is 11.3 Å². The summed E-state index contributed by atoms with van der Waals surface area (Å²) < 4.78 is 1.94. The quantitative estimate of drug-likeness (QED) is 0.640. The number of fused-ring (bicyclic) bond motifs is 1. The van der Waals surface area contributed by atoms with E-state index in [2.05, 4.69) is 0 Å². The summed E-state index contributed by atoms with van der Waals surface area (Å²) in [6.45, 7) is 1.96. The Labute approximate surface area is 120 Å². The van der Waals surface area contributed by atoms with Gasteiger partial charge in [-0.1, -0.05) is 17.7 Å². The SMILES string of the molecule is Cc1cscc1C(=O)c1cn(C)c2cc(Cl)ccc12. The molecular weight excluding hydrogens is 278 g/mol. The lowest BCUT2D eigenvalue weighted by Gasteiger charge is -1.99. The number of halogens is 1. The van der Waals surface area contributed by atoms with Crippen LogP contribution in [0.3, 0.4) is 0 Å². The Balaban J connectivity index is 2.21. The number of benzene rings is 1. The van der Waals surface area contributed by atoms with Crippen LogP contribution in [0, 0.1) is 6.92 Å². The zero-order valence-corrected chi connectivity index (χ0v) is 12.2. The van der Waals surface area contributed by atoms with Crippen LogP contribution in [0.4, 0.5) is 0 Å². The second-order valence-electron chi connectivity index (χ2n) is 4.61. The van der Waals surface area contributed by atoms with Crippen LogP contribution in [0.2, 0.25) is 5.02 Å². The maximum atomic E-state index is 12.6. The van der Waals surface area contributed by atoms with Gasteiger partial charge in [0.1, 0.15) is 0 Å². The Hall–Kier alpha value is -1.58. The molecule has 0 radical (unpaired) electrons. The van der Waals surface area contributed by atoms with E-state index in [9.17, 15) is 4.79 Å². The van der Waals surface area contributed by atoms with Gasteiger partial charge in [0, 0.05) is 45.7 Å². The van der Waals surface area contributed by atoms with Crippen molar-refractivity contribution in [1.29, 1.82) is 0 Å². The number of carbonyl (C=O) groups excluding carboxylic acids is 1. The van der Waals surface area contributed by atoms with Gasteiger partial charge in [0.2, 0.25) is 0 Å². The Morgan fingerprint density at radius 1 is 1.26 bits per heavy atom. The largest absolute Gasteiger partial charge is 0.350 e. The standard InChI is InChI=1S/C15H12ClNOS/c1-9-7-19-8-13(9)15(18)12-6-17(2)14-5-10(16)3-4-11(12)14/h3-8H,1-2H3. The summed E-state index contributed by atoms with van der Waals surface area (Å²) in [4.78, 5) is 12.6. The predicted molar refractivity (Wildman–Crippen MR) is 80.4 cm³/mol. The van der Waals surface area contributed by atoms with Gasteiger partial charge in [0.25, 0.3) is 0 Å². The highest BCUT2D eigenvalue weighted by atomic mass is 35.5. The van der Waals surface area contributed by atoms with Crippen molar-refractivity contribution in [2.45, 2.75) is 6.92 Å². The van der Waals surface area contributed by atoms with E-state index in [-0.39, 0.29) is 5.78 Å². The van der Waals surface area contributed by atoms with Crippen molar-refractivity contribution in [2.24, 2.45) is 7.05 Å². The average Bonchev–Trinajstić information content (AvgIpc) is 2.94. The van der Waals surface area contributed by atoms with Crippen molar-refractivity contribution in [3.63, 3.8) is 0 Å². The second kappa shape index (κ2) is 4.51. The molecule has 0 spiro atoms. The number of aryl methyl sites for hydroxylation is 2. The number of aromatic nitrogens is 1. The Kier molecular flexibility index (Phi) is 2.96. The lowest BCUT2D eigenvalue weighted by atomic mass is 10.0. The van der Waals surface area contributed by atoms with Gasteiger partial charge >= 0.3 is 0 Å². The maximum Gasteiger partial charge on any atom is 0.196 e. The van der Waals surface area contributed by atoms with E-state index in [1.54, 1.807) is 11.3 Å². The second-order valence-corrected chi connectivity index (χ2v) is 5.79. The molecule has 0 atom stereocenters. The van der Waals surface area contributed by atoms with E-state index in [0.29, 0.717) is 5.02 Å². The van der Waals surface area contributed by atoms with Crippen LogP contribution >= 0.6 is 22.9 Å². The van der Waals surface area contributed by atoms with E-state index >= 15 is 0 Å². The molecule has 3 rings (SSSR count). The van der Waals surface area contributed by atoms with Crippen LogP contribution in [0.5, 0.6) is 0 Å². The van der Waals surface area contributed by atoms with Gasteiger partial charge in [0.05, 0.1) is 0 Å². The summed E-state index contributed by atoms with van der Waals surface area (Å²) in [5.41, 5.74) is 3.52. The molecule has 4 heteroatoms. The first kappa shape index (κ1) is 12.5. The third-order valence-electron chi connectivity index (χ3n) is 3.30. The van der Waals surface area contributed by atoms with Crippen molar-refractivity contribution >= 4 is 39.6 Å². The minimum atomic E-state index is 0.0756. The Morgan fingerprint density at radius 2 is 2.05 bits per heavy atom. The molecule has 0 saturated carbocycles. The molecule has 0 saturated heterocycles. The zero-order valence-electron chi connectivity index (χ0n) is 10.6. The van der Waals surface area contributed by atoms with Crippen molar-refractivity contribution in [3.8, 4) is 0 Å². The highest BCUT2D eigenvalue weighted by molar-refractivity contribution is 7.08.